The first-order valence-electron chi connectivity index (χ1n) is 8.34. The zero-order valence-corrected chi connectivity index (χ0v) is 13.7. The van der Waals surface area contributed by atoms with Crippen molar-refractivity contribution < 1.29 is 9.53 Å². The largest absolute Gasteiger partial charge is 0.445 e. The van der Waals surface area contributed by atoms with E-state index in [-0.39, 0.29) is 12.1 Å². The van der Waals surface area contributed by atoms with Crippen LogP contribution in [-0.2, 0) is 11.3 Å². The van der Waals surface area contributed by atoms with Crippen molar-refractivity contribution >= 4 is 6.09 Å². The lowest BCUT2D eigenvalue weighted by Crippen LogP contribution is -2.52. The van der Waals surface area contributed by atoms with Crippen molar-refractivity contribution in [2.24, 2.45) is 5.92 Å². The number of benzene rings is 1. The number of hydrogen-bond donors (Lipinski definition) is 2. The van der Waals surface area contributed by atoms with E-state index in [4.69, 9.17) is 4.74 Å². The number of carbonyl (C=O) groups is 1. The number of ether oxygens (including phenoxy) is 1. The third kappa shape index (κ3) is 6.06. The number of carbonyl (C=O) groups excluding carboxylic acids is 1. The van der Waals surface area contributed by atoms with E-state index in [1.54, 1.807) is 0 Å². The minimum atomic E-state index is -0.313. The SMILES string of the molecule is CC(C)CCCNC1CC(NC(=O)OCc2ccccc2)C1. The van der Waals surface area contributed by atoms with Crippen molar-refractivity contribution in [3.63, 3.8) is 0 Å². The lowest BCUT2D eigenvalue weighted by Gasteiger charge is -2.36. The molecule has 0 bridgehead atoms. The fourth-order valence-corrected chi connectivity index (χ4v) is 2.65. The van der Waals surface area contributed by atoms with E-state index >= 15 is 0 Å². The second kappa shape index (κ2) is 8.79. The van der Waals surface area contributed by atoms with Crippen LogP contribution < -0.4 is 10.6 Å². The van der Waals surface area contributed by atoms with E-state index in [0.717, 1.165) is 30.9 Å². The van der Waals surface area contributed by atoms with Gasteiger partial charge in [-0.05, 0) is 43.7 Å². The highest BCUT2D eigenvalue weighted by molar-refractivity contribution is 5.67. The van der Waals surface area contributed by atoms with Crippen LogP contribution in [0, 0.1) is 5.92 Å². The van der Waals surface area contributed by atoms with Crippen LogP contribution in [0.4, 0.5) is 4.79 Å². The molecule has 1 aromatic rings. The molecule has 2 rings (SSSR count). The average Bonchev–Trinajstić information content (AvgIpc) is 2.47. The third-order valence-electron chi connectivity index (χ3n) is 4.06. The number of nitrogens with one attached hydrogen (secondary N) is 2. The van der Waals surface area contributed by atoms with E-state index in [0.29, 0.717) is 12.6 Å². The molecule has 122 valence electrons. The van der Waals surface area contributed by atoms with E-state index < -0.39 is 0 Å². The minimum absolute atomic E-state index is 0.255. The van der Waals surface area contributed by atoms with E-state index in [1.165, 1.54) is 12.8 Å². The van der Waals surface area contributed by atoms with Gasteiger partial charge in [0.05, 0.1) is 0 Å². The van der Waals surface area contributed by atoms with Gasteiger partial charge >= 0.3 is 6.09 Å². The van der Waals surface area contributed by atoms with Crippen LogP contribution in [0.15, 0.2) is 30.3 Å². The molecule has 4 nitrogen and oxygen atoms in total. The molecular formula is C18H28N2O2. The van der Waals surface area contributed by atoms with Crippen LogP contribution in [0.5, 0.6) is 0 Å². The summed E-state index contributed by atoms with van der Waals surface area (Å²) >= 11 is 0. The first-order valence-corrected chi connectivity index (χ1v) is 8.34. The zero-order chi connectivity index (χ0) is 15.8. The van der Waals surface area contributed by atoms with Gasteiger partial charge in [-0.25, -0.2) is 4.79 Å². The van der Waals surface area contributed by atoms with Gasteiger partial charge in [-0.1, -0.05) is 44.2 Å². The monoisotopic (exact) mass is 304 g/mol. The van der Waals surface area contributed by atoms with Crippen LogP contribution in [0.3, 0.4) is 0 Å². The Balaban J connectivity index is 1.51. The second-order valence-corrected chi connectivity index (χ2v) is 6.56. The highest BCUT2D eigenvalue weighted by Crippen LogP contribution is 2.20. The van der Waals surface area contributed by atoms with Gasteiger partial charge in [0.2, 0.25) is 0 Å². The van der Waals surface area contributed by atoms with Gasteiger partial charge in [-0.2, -0.15) is 0 Å². The molecule has 1 fully saturated rings. The van der Waals surface area contributed by atoms with Gasteiger partial charge in [-0.15, -0.1) is 0 Å². The summed E-state index contributed by atoms with van der Waals surface area (Å²) in [5.74, 6) is 0.775. The molecule has 1 amide bonds. The lowest BCUT2D eigenvalue weighted by molar-refractivity contribution is 0.125. The maximum Gasteiger partial charge on any atom is 0.407 e. The Morgan fingerprint density at radius 2 is 1.95 bits per heavy atom. The first kappa shape index (κ1) is 16.8. The Hall–Kier alpha value is -1.55. The number of alkyl carbamates (subject to hydrolysis) is 1. The molecule has 1 saturated carbocycles. The van der Waals surface area contributed by atoms with E-state index in [1.807, 2.05) is 30.3 Å². The van der Waals surface area contributed by atoms with Crippen molar-refractivity contribution in [1.29, 1.82) is 0 Å². The number of rotatable bonds is 8. The molecule has 0 spiro atoms. The highest BCUT2D eigenvalue weighted by atomic mass is 16.5. The standard InChI is InChI=1S/C18H28N2O2/c1-14(2)7-6-10-19-16-11-17(12-16)20-18(21)22-13-15-8-4-3-5-9-15/h3-5,8-9,14,16-17,19H,6-7,10-13H2,1-2H3,(H,20,21). The summed E-state index contributed by atoms with van der Waals surface area (Å²) in [6, 6.07) is 10.5. The van der Waals surface area contributed by atoms with Gasteiger partial charge in [0.25, 0.3) is 0 Å². The quantitative estimate of drug-likeness (QED) is 0.723. The van der Waals surface area contributed by atoms with Crippen LogP contribution in [0.25, 0.3) is 0 Å². The minimum Gasteiger partial charge on any atom is -0.445 e. The zero-order valence-electron chi connectivity index (χ0n) is 13.7. The fraction of sp³-hybridized carbons (Fsp3) is 0.611. The maximum absolute atomic E-state index is 11.7. The summed E-state index contributed by atoms with van der Waals surface area (Å²) in [5, 5.41) is 6.47. The van der Waals surface area contributed by atoms with Crippen molar-refractivity contribution in [3.8, 4) is 0 Å². The van der Waals surface area contributed by atoms with Crippen molar-refractivity contribution in [2.45, 2.75) is 58.2 Å². The summed E-state index contributed by atoms with van der Waals surface area (Å²) in [6.45, 7) is 5.92. The molecule has 22 heavy (non-hydrogen) atoms. The van der Waals surface area contributed by atoms with Gasteiger partial charge in [-0.3, -0.25) is 0 Å². The van der Waals surface area contributed by atoms with Gasteiger partial charge in [0.15, 0.2) is 0 Å². The third-order valence-corrected chi connectivity index (χ3v) is 4.06. The van der Waals surface area contributed by atoms with Crippen LogP contribution in [-0.4, -0.2) is 24.7 Å². The highest BCUT2D eigenvalue weighted by Gasteiger charge is 2.30. The summed E-state index contributed by atoms with van der Waals surface area (Å²) in [4.78, 5) is 11.7. The van der Waals surface area contributed by atoms with Crippen molar-refractivity contribution in [3.05, 3.63) is 35.9 Å². The molecule has 0 aliphatic heterocycles. The summed E-state index contributed by atoms with van der Waals surface area (Å²) in [7, 11) is 0. The molecule has 0 aromatic heterocycles. The fourth-order valence-electron chi connectivity index (χ4n) is 2.65. The summed E-state index contributed by atoms with van der Waals surface area (Å²) < 4.78 is 5.22. The first-order chi connectivity index (χ1) is 10.6. The molecule has 1 aliphatic carbocycles. The Bertz CT molecular complexity index is 442. The molecule has 1 aliphatic rings. The van der Waals surface area contributed by atoms with Crippen molar-refractivity contribution in [1.82, 2.24) is 10.6 Å². The maximum atomic E-state index is 11.7. The topological polar surface area (TPSA) is 50.4 Å². The van der Waals surface area contributed by atoms with Crippen LogP contribution in [0.1, 0.15) is 45.1 Å². The number of hydrogen-bond acceptors (Lipinski definition) is 3. The Kier molecular flexibility index (Phi) is 6.72. The molecule has 0 heterocycles. The Morgan fingerprint density at radius 3 is 2.64 bits per heavy atom. The lowest BCUT2D eigenvalue weighted by atomic mass is 9.87. The molecule has 0 saturated heterocycles. The van der Waals surface area contributed by atoms with Gasteiger partial charge in [0, 0.05) is 12.1 Å². The van der Waals surface area contributed by atoms with E-state index in [2.05, 4.69) is 24.5 Å². The molecule has 4 heteroatoms. The smallest absolute Gasteiger partial charge is 0.407 e. The Labute approximate surface area is 133 Å². The molecule has 0 radical (unpaired) electrons. The van der Waals surface area contributed by atoms with Crippen LogP contribution in [0.2, 0.25) is 0 Å². The second-order valence-electron chi connectivity index (χ2n) is 6.56. The molecule has 1 aromatic carbocycles. The van der Waals surface area contributed by atoms with Crippen LogP contribution >= 0.6 is 0 Å². The van der Waals surface area contributed by atoms with E-state index in [9.17, 15) is 4.79 Å². The predicted octanol–water partition coefficient (Wildman–Crippen LogP) is 3.47. The number of amides is 1. The Morgan fingerprint density at radius 1 is 1.23 bits per heavy atom. The summed E-state index contributed by atoms with van der Waals surface area (Å²) in [5.41, 5.74) is 1.01. The average molecular weight is 304 g/mol. The molecule has 2 N–H and O–H groups in total. The normalized spacial score (nSPS) is 20.5. The van der Waals surface area contributed by atoms with Crippen molar-refractivity contribution in [2.75, 3.05) is 6.54 Å². The summed E-state index contributed by atoms with van der Waals surface area (Å²) in [6.07, 6.45) is 4.19. The molecule has 0 unspecified atom stereocenters. The van der Waals surface area contributed by atoms with Gasteiger partial charge in [0.1, 0.15) is 6.61 Å². The molecule has 0 atom stereocenters. The predicted molar refractivity (Wildman–Crippen MR) is 88.6 cm³/mol. The molecular weight excluding hydrogens is 276 g/mol. The van der Waals surface area contributed by atoms with Gasteiger partial charge < -0.3 is 15.4 Å².